The molecule has 0 aliphatic carbocycles. The molecule has 0 bridgehead atoms. The predicted molar refractivity (Wildman–Crippen MR) is 98.1 cm³/mol. The highest BCUT2D eigenvalue weighted by Crippen LogP contribution is 2.31. The number of nitrogens with zero attached hydrogens (tertiary/aromatic N) is 1. The first-order valence-corrected chi connectivity index (χ1v) is 10.2. The molecule has 0 saturated carbocycles. The van der Waals surface area contributed by atoms with Crippen LogP contribution < -0.4 is 0 Å². The Morgan fingerprint density at radius 2 is 1.67 bits per heavy atom. The van der Waals surface area contributed by atoms with Crippen LogP contribution in [0.3, 0.4) is 0 Å². The van der Waals surface area contributed by atoms with E-state index in [9.17, 15) is 8.42 Å². The highest BCUT2D eigenvalue weighted by Gasteiger charge is 2.31. The Balaban J connectivity index is 1.68. The summed E-state index contributed by atoms with van der Waals surface area (Å²) in [4.78, 5) is 0.0955. The van der Waals surface area contributed by atoms with Crippen LogP contribution in [-0.2, 0) is 16.4 Å². The van der Waals surface area contributed by atoms with E-state index in [1.165, 1.54) is 22.0 Å². The summed E-state index contributed by atoms with van der Waals surface area (Å²) >= 11 is 12.0. The summed E-state index contributed by atoms with van der Waals surface area (Å²) in [6.45, 7) is 1.03. The van der Waals surface area contributed by atoms with Gasteiger partial charge in [-0.2, -0.15) is 4.31 Å². The number of hydrogen-bond donors (Lipinski definition) is 0. The molecular formula is C18H19Cl2NO2S. The molecule has 6 heteroatoms. The van der Waals surface area contributed by atoms with Gasteiger partial charge >= 0.3 is 0 Å². The summed E-state index contributed by atoms with van der Waals surface area (Å²) in [5.74, 6) is 0.508. The second-order valence-corrected chi connectivity index (χ2v) is 8.86. The van der Waals surface area contributed by atoms with Crippen LogP contribution in [0.15, 0.2) is 53.4 Å². The molecule has 0 aromatic heterocycles. The van der Waals surface area contributed by atoms with Gasteiger partial charge in [-0.15, -0.1) is 0 Å². The minimum absolute atomic E-state index is 0.0955. The summed E-state index contributed by atoms with van der Waals surface area (Å²) in [5.41, 5.74) is 1.30. The predicted octanol–water partition coefficient (Wildman–Crippen LogP) is 4.64. The molecule has 1 saturated heterocycles. The zero-order valence-electron chi connectivity index (χ0n) is 13.2. The maximum Gasteiger partial charge on any atom is 0.244 e. The fraction of sp³-hybridized carbons (Fsp3) is 0.333. The minimum Gasteiger partial charge on any atom is -0.207 e. The molecule has 0 atom stereocenters. The van der Waals surface area contributed by atoms with Crippen molar-refractivity contribution in [2.75, 3.05) is 13.1 Å². The van der Waals surface area contributed by atoms with Crippen molar-refractivity contribution in [3.05, 3.63) is 64.1 Å². The Kier molecular flexibility index (Phi) is 5.50. The van der Waals surface area contributed by atoms with Crippen molar-refractivity contribution in [2.24, 2.45) is 5.92 Å². The molecule has 1 aliphatic heterocycles. The van der Waals surface area contributed by atoms with Gasteiger partial charge in [0.05, 0.1) is 5.02 Å². The van der Waals surface area contributed by atoms with Gasteiger partial charge in [-0.05, 0) is 48.9 Å². The van der Waals surface area contributed by atoms with Gasteiger partial charge in [0.25, 0.3) is 0 Å². The first-order valence-electron chi connectivity index (χ1n) is 7.96. The molecule has 0 unspecified atom stereocenters. The van der Waals surface area contributed by atoms with Crippen molar-refractivity contribution < 1.29 is 8.42 Å². The van der Waals surface area contributed by atoms with Gasteiger partial charge in [0, 0.05) is 18.1 Å². The van der Waals surface area contributed by atoms with Crippen LogP contribution in [0.1, 0.15) is 18.4 Å². The topological polar surface area (TPSA) is 37.4 Å². The molecular weight excluding hydrogens is 365 g/mol. The Bertz CT molecular complexity index is 801. The summed E-state index contributed by atoms with van der Waals surface area (Å²) < 4.78 is 27.1. The van der Waals surface area contributed by atoms with Crippen LogP contribution in [0.4, 0.5) is 0 Å². The van der Waals surface area contributed by atoms with Crippen molar-refractivity contribution in [3.63, 3.8) is 0 Å². The van der Waals surface area contributed by atoms with E-state index in [0.29, 0.717) is 24.0 Å². The smallest absolute Gasteiger partial charge is 0.207 e. The number of piperidine rings is 1. The van der Waals surface area contributed by atoms with Gasteiger partial charge in [-0.3, -0.25) is 0 Å². The second kappa shape index (κ2) is 7.44. The van der Waals surface area contributed by atoms with E-state index in [1.54, 1.807) is 6.07 Å². The Hall–Kier alpha value is -1.07. The molecule has 2 aromatic rings. The van der Waals surface area contributed by atoms with E-state index in [0.717, 1.165) is 19.3 Å². The van der Waals surface area contributed by atoms with Gasteiger partial charge in [-0.25, -0.2) is 8.42 Å². The molecule has 0 spiro atoms. The molecule has 2 aromatic carbocycles. The molecule has 1 fully saturated rings. The van der Waals surface area contributed by atoms with Crippen LogP contribution in [0, 0.1) is 5.92 Å². The third kappa shape index (κ3) is 3.94. The number of sulfonamides is 1. The standard InChI is InChI=1S/C18H19Cl2NO2S/c19-16-6-7-17(20)18(13-16)24(22,23)21-10-8-15(9-11-21)12-14-4-2-1-3-5-14/h1-7,13,15H,8-12H2. The summed E-state index contributed by atoms with van der Waals surface area (Å²) in [5, 5.41) is 0.586. The van der Waals surface area contributed by atoms with Crippen LogP contribution in [-0.4, -0.2) is 25.8 Å². The van der Waals surface area contributed by atoms with Gasteiger partial charge in [0.15, 0.2) is 0 Å². The number of benzene rings is 2. The zero-order valence-corrected chi connectivity index (χ0v) is 15.5. The maximum absolute atomic E-state index is 12.8. The quantitative estimate of drug-likeness (QED) is 0.770. The van der Waals surface area contributed by atoms with Gasteiger partial charge < -0.3 is 0 Å². The lowest BCUT2D eigenvalue weighted by atomic mass is 9.91. The molecule has 1 heterocycles. The summed E-state index contributed by atoms with van der Waals surface area (Å²) in [6.07, 6.45) is 2.70. The largest absolute Gasteiger partial charge is 0.244 e. The van der Waals surface area contributed by atoms with E-state index in [2.05, 4.69) is 12.1 Å². The van der Waals surface area contributed by atoms with Crippen LogP contribution in [0.2, 0.25) is 10.0 Å². The molecule has 24 heavy (non-hydrogen) atoms. The molecule has 1 aliphatic rings. The van der Waals surface area contributed by atoms with E-state index < -0.39 is 10.0 Å². The van der Waals surface area contributed by atoms with Gasteiger partial charge in [0.1, 0.15) is 4.90 Å². The van der Waals surface area contributed by atoms with Gasteiger partial charge in [0.2, 0.25) is 10.0 Å². The molecule has 0 N–H and O–H groups in total. The monoisotopic (exact) mass is 383 g/mol. The number of hydrogen-bond acceptors (Lipinski definition) is 2. The van der Waals surface area contributed by atoms with Crippen molar-refractivity contribution in [1.82, 2.24) is 4.31 Å². The van der Waals surface area contributed by atoms with Crippen molar-refractivity contribution in [3.8, 4) is 0 Å². The van der Waals surface area contributed by atoms with Crippen LogP contribution in [0.5, 0.6) is 0 Å². The third-order valence-electron chi connectivity index (χ3n) is 4.45. The SMILES string of the molecule is O=S(=O)(c1cc(Cl)ccc1Cl)N1CCC(Cc2ccccc2)CC1. The zero-order chi connectivity index (χ0) is 17.2. The maximum atomic E-state index is 12.8. The average Bonchev–Trinajstić information content (AvgIpc) is 2.58. The third-order valence-corrected chi connectivity index (χ3v) is 7.07. The van der Waals surface area contributed by atoms with E-state index >= 15 is 0 Å². The fourth-order valence-electron chi connectivity index (χ4n) is 3.12. The highest BCUT2D eigenvalue weighted by atomic mass is 35.5. The molecule has 3 nitrogen and oxygen atoms in total. The lowest BCUT2D eigenvalue weighted by molar-refractivity contribution is 0.273. The second-order valence-electron chi connectivity index (χ2n) is 6.11. The number of rotatable bonds is 4. The fourth-order valence-corrected chi connectivity index (χ4v) is 5.32. The summed E-state index contributed by atoms with van der Waals surface area (Å²) in [6, 6.07) is 14.9. The Morgan fingerprint density at radius 3 is 2.33 bits per heavy atom. The minimum atomic E-state index is -3.59. The highest BCUT2D eigenvalue weighted by molar-refractivity contribution is 7.89. The van der Waals surface area contributed by atoms with Crippen molar-refractivity contribution in [2.45, 2.75) is 24.2 Å². The Labute approximate surface area is 153 Å². The van der Waals surface area contributed by atoms with E-state index in [1.807, 2.05) is 18.2 Å². The molecule has 0 amide bonds. The van der Waals surface area contributed by atoms with E-state index in [4.69, 9.17) is 23.2 Å². The van der Waals surface area contributed by atoms with E-state index in [-0.39, 0.29) is 9.92 Å². The summed E-state index contributed by atoms with van der Waals surface area (Å²) in [7, 11) is -3.59. The lowest BCUT2D eigenvalue weighted by Crippen LogP contribution is -2.39. The van der Waals surface area contributed by atoms with Crippen molar-refractivity contribution in [1.29, 1.82) is 0 Å². The average molecular weight is 384 g/mol. The van der Waals surface area contributed by atoms with Crippen LogP contribution in [0.25, 0.3) is 0 Å². The molecule has 3 rings (SSSR count). The Morgan fingerprint density at radius 1 is 1.00 bits per heavy atom. The van der Waals surface area contributed by atoms with Gasteiger partial charge in [-0.1, -0.05) is 53.5 Å². The lowest BCUT2D eigenvalue weighted by Gasteiger charge is -2.31. The normalized spacial score (nSPS) is 17.1. The van der Waals surface area contributed by atoms with Crippen LogP contribution >= 0.6 is 23.2 Å². The van der Waals surface area contributed by atoms with Crippen molar-refractivity contribution >= 4 is 33.2 Å². The first-order chi connectivity index (χ1) is 11.5. The first kappa shape index (κ1) is 17.7. The molecule has 128 valence electrons. The molecule has 0 radical (unpaired) electrons. The number of halogens is 2.